The maximum absolute atomic E-state index is 5.72. The third kappa shape index (κ3) is 3.33. The average Bonchev–Trinajstić information content (AvgIpc) is 2.87. The molecule has 102 valence electrons. The van der Waals surface area contributed by atoms with Crippen molar-refractivity contribution < 1.29 is 9.15 Å². The fourth-order valence-corrected chi connectivity index (χ4v) is 2.60. The van der Waals surface area contributed by atoms with E-state index in [1.54, 1.807) is 6.20 Å². The maximum atomic E-state index is 5.72. The van der Waals surface area contributed by atoms with Crippen molar-refractivity contribution in [2.24, 2.45) is 5.92 Å². The third-order valence-corrected chi connectivity index (χ3v) is 3.74. The van der Waals surface area contributed by atoms with Crippen molar-refractivity contribution >= 4 is 11.0 Å². The van der Waals surface area contributed by atoms with E-state index in [9.17, 15) is 0 Å². The third-order valence-electron chi connectivity index (χ3n) is 3.74. The maximum Gasteiger partial charge on any atom is 0.137 e. The molecule has 4 nitrogen and oxygen atoms in total. The molecule has 3 rings (SSSR count). The van der Waals surface area contributed by atoms with Crippen LogP contribution in [0.5, 0.6) is 0 Å². The molecule has 0 unspecified atom stereocenters. The van der Waals surface area contributed by atoms with Gasteiger partial charge in [-0.25, -0.2) is 0 Å². The largest absolute Gasteiger partial charge is 0.458 e. The Bertz CT molecular complexity index is 485. The van der Waals surface area contributed by atoms with Crippen molar-refractivity contribution in [2.45, 2.75) is 25.9 Å². The Hall–Kier alpha value is -1.39. The number of pyridine rings is 1. The van der Waals surface area contributed by atoms with E-state index in [4.69, 9.17) is 9.15 Å². The Kier molecular flexibility index (Phi) is 4.10. The molecule has 0 saturated carbocycles. The van der Waals surface area contributed by atoms with Gasteiger partial charge in [-0.15, -0.1) is 0 Å². The highest BCUT2D eigenvalue weighted by atomic mass is 16.5. The Morgan fingerprint density at radius 2 is 2.26 bits per heavy atom. The second-order valence-corrected chi connectivity index (χ2v) is 5.16. The van der Waals surface area contributed by atoms with Gasteiger partial charge < -0.3 is 14.5 Å². The highest BCUT2D eigenvalue weighted by molar-refractivity contribution is 5.76. The fourth-order valence-electron chi connectivity index (χ4n) is 2.60. The van der Waals surface area contributed by atoms with Crippen LogP contribution in [0.15, 0.2) is 28.9 Å². The van der Waals surface area contributed by atoms with Crippen LogP contribution in [0.3, 0.4) is 0 Å². The predicted molar refractivity (Wildman–Crippen MR) is 73.9 cm³/mol. The van der Waals surface area contributed by atoms with Gasteiger partial charge in [0.1, 0.15) is 18.0 Å². The number of fused-ring (bicyclic) bond motifs is 1. The number of nitrogens with zero attached hydrogens (tertiary/aromatic N) is 1. The molecule has 0 aromatic carbocycles. The zero-order valence-electron chi connectivity index (χ0n) is 11.1. The van der Waals surface area contributed by atoms with Crippen LogP contribution in [0.25, 0.3) is 11.0 Å². The Morgan fingerprint density at radius 3 is 3.11 bits per heavy atom. The minimum atomic E-state index is 0.555. The first-order chi connectivity index (χ1) is 9.42. The van der Waals surface area contributed by atoms with E-state index in [2.05, 4.69) is 10.3 Å². The summed E-state index contributed by atoms with van der Waals surface area (Å²) in [6, 6.07) is 3.89. The average molecular weight is 260 g/mol. The van der Waals surface area contributed by atoms with Crippen LogP contribution >= 0.6 is 0 Å². The summed E-state index contributed by atoms with van der Waals surface area (Å²) in [6.07, 6.45) is 7.27. The van der Waals surface area contributed by atoms with Crippen LogP contribution in [0.2, 0.25) is 0 Å². The van der Waals surface area contributed by atoms with Gasteiger partial charge in [0.25, 0.3) is 0 Å². The number of furan rings is 1. The first kappa shape index (κ1) is 12.6. The standard InChI is InChI=1S/C15H20N2O2/c1-5-16-6-2-12(1)4-8-18-11-14-9-13-10-17-7-3-15(13)19-14/h3,7,9-10,12,16H,1-2,4-6,8,11H2. The quantitative estimate of drug-likeness (QED) is 0.840. The van der Waals surface area contributed by atoms with Crippen molar-refractivity contribution in [3.63, 3.8) is 0 Å². The second kappa shape index (κ2) is 6.17. The Labute approximate surface area is 113 Å². The van der Waals surface area contributed by atoms with E-state index in [-0.39, 0.29) is 0 Å². The molecule has 1 aliphatic rings. The van der Waals surface area contributed by atoms with Crippen molar-refractivity contribution in [1.29, 1.82) is 0 Å². The number of hydrogen-bond donors (Lipinski definition) is 1. The first-order valence-electron chi connectivity index (χ1n) is 7.03. The van der Waals surface area contributed by atoms with Gasteiger partial charge in [0.2, 0.25) is 0 Å². The lowest BCUT2D eigenvalue weighted by atomic mass is 9.95. The summed E-state index contributed by atoms with van der Waals surface area (Å²) in [5.74, 6) is 1.70. The molecule has 2 aromatic heterocycles. The summed E-state index contributed by atoms with van der Waals surface area (Å²) in [4.78, 5) is 4.08. The van der Waals surface area contributed by atoms with Crippen molar-refractivity contribution in [3.05, 3.63) is 30.3 Å². The van der Waals surface area contributed by atoms with Gasteiger partial charge in [-0.3, -0.25) is 4.98 Å². The number of aromatic nitrogens is 1. The summed E-state index contributed by atoms with van der Waals surface area (Å²) in [5.41, 5.74) is 0.881. The van der Waals surface area contributed by atoms with E-state index in [0.29, 0.717) is 6.61 Å². The molecule has 4 heteroatoms. The van der Waals surface area contributed by atoms with Gasteiger partial charge >= 0.3 is 0 Å². The van der Waals surface area contributed by atoms with Crippen LogP contribution < -0.4 is 5.32 Å². The molecule has 0 amide bonds. The van der Waals surface area contributed by atoms with Crippen molar-refractivity contribution in [3.8, 4) is 0 Å². The van der Waals surface area contributed by atoms with Gasteiger partial charge in [0, 0.05) is 24.4 Å². The Morgan fingerprint density at radius 1 is 1.37 bits per heavy atom. The van der Waals surface area contributed by atoms with E-state index >= 15 is 0 Å². The SMILES string of the molecule is c1cc2oc(COCCC3CCNCC3)cc2cn1. The minimum absolute atomic E-state index is 0.555. The monoisotopic (exact) mass is 260 g/mol. The van der Waals surface area contributed by atoms with Crippen molar-refractivity contribution in [2.75, 3.05) is 19.7 Å². The van der Waals surface area contributed by atoms with Crippen LogP contribution in [-0.2, 0) is 11.3 Å². The van der Waals surface area contributed by atoms with Gasteiger partial charge in [0.15, 0.2) is 0 Å². The lowest BCUT2D eigenvalue weighted by molar-refractivity contribution is 0.0912. The van der Waals surface area contributed by atoms with E-state index in [0.717, 1.165) is 48.8 Å². The lowest BCUT2D eigenvalue weighted by Gasteiger charge is -2.22. The van der Waals surface area contributed by atoms with E-state index in [1.807, 2.05) is 18.3 Å². The van der Waals surface area contributed by atoms with Crippen LogP contribution in [0.4, 0.5) is 0 Å². The molecule has 3 heterocycles. The van der Waals surface area contributed by atoms with Gasteiger partial charge in [-0.05, 0) is 50.4 Å². The summed E-state index contributed by atoms with van der Waals surface area (Å²) >= 11 is 0. The molecule has 1 aliphatic heterocycles. The molecule has 1 fully saturated rings. The number of piperidine rings is 1. The molecule has 2 aromatic rings. The highest BCUT2D eigenvalue weighted by Gasteiger charge is 2.12. The van der Waals surface area contributed by atoms with Crippen LogP contribution in [-0.4, -0.2) is 24.7 Å². The molecule has 0 aliphatic carbocycles. The lowest BCUT2D eigenvalue weighted by Crippen LogP contribution is -2.28. The van der Waals surface area contributed by atoms with Gasteiger partial charge in [-0.2, -0.15) is 0 Å². The van der Waals surface area contributed by atoms with Crippen molar-refractivity contribution in [1.82, 2.24) is 10.3 Å². The fraction of sp³-hybridized carbons (Fsp3) is 0.533. The number of rotatable bonds is 5. The number of hydrogen-bond acceptors (Lipinski definition) is 4. The van der Waals surface area contributed by atoms with Crippen LogP contribution in [0, 0.1) is 5.92 Å². The van der Waals surface area contributed by atoms with Crippen LogP contribution in [0.1, 0.15) is 25.0 Å². The summed E-state index contributed by atoms with van der Waals surface area (Å²) in [7, 11) is 0. The molecule has 0 bridgehead atoms. The molecule has 0 radical (unpaired) electrons. The van der Waals surface area contributed by atoms with E-state index in [1.165, 1.54) is 12.8 Å². The van der Waals surface area contributed by atoms with Gasteiger partial charge in [0.05, 0.1) is 0 Å². The molecular formula is C15H20N2O2. The molecular weight excluding hydrogens is 240 g/mol. The zero-order chi connectivity index (χ0) is 12.9. The molecule has 0 spiro atoms. The van der Waals surface area contributed by atoms with Gasteiger partial charge in [-0.1, -0.05) is 0 Å². The highest BCUT2D eigenvalue weighted by Crippen LogP contribution is 2.19. The predicted octanol–water partition coefficient (Wildman–Crippen LogP) is 2.73. The topological polar surface area (TPSA) is 47.3 Å². The minimum Gasteiger partial charge on any atom is -0.458 e. The first-order valence-corrected chi connectivity index (χ1v) is 7.03. The number of nitrogens with one attached hydrogen (secondary N) is 1. The zero-order valence-corrected chi connectivity index (χ0v) is 11.1. The molecule has 1 saturated heterocycles. The summed E-state index contributed by atoms with van der Waals surface area (Å²) < 4.78 is 11.4. The summed E-state index contributed by atoms with van der Waals surface area (Å²) in [5, 5.41) is 4.43. The second-order valence-electron chi connectivity index (χ2n) is 5.16. The smallest absolute Gasteiger partial charge is 0.137 e. The van der Waals surface area contributed by atoms with E-state index < -0.39 is 0 Å². The molecule has 1 N–H and O–H groups in total. The number of ether oxygens (including phenoxy) is 1. The molecule has 19 heavy (non-hydrogen) atoms. The Balaban J connectivity index is 1.44. The molecule has 0 atom stereocenters. The summed E-state index contributed by atoms with van der Waals surface area (Å²) in [6.45, 7) is 3.68. The normalized spacial score (nSPS) is 17.1.